The van der Waals surface area contributed by atoms with Gasteiger partial charge in [-0.15, -0.1) is 0 Å². The molecule has 11 heteroatoms. The number of hydrogen-bond donors (Lipinski definition) is 5. The highest BCUT2D eigenvalue weighted by molar-refractivity contribution is 5.91. The Bertz CT molecular complexity index is 1060. The fraction of sp³-hybridized carbons (Fsp3) is 0.815. The Hall–Kier alpha value is -1.73. The van der Waals surface area contributed by atoms with E-state index in [0.717, 1.165) is 31.3 Å². The monoisotopic (exact) mass is 536 g/mol. The topological polar surface area (TPSA) is 180 Å². The van der Waals surface area contributed by atoms with Gasteiger partial charge in [-0.3, -0.25) is 9.59 Å². The van der Waals surface area contributed by atoms with E-state index in [9.17, 15) is 39.9 Å². The molecule has 4 aliphatic carbocycles. The van der Waals surface area contributed by atoms with Crippen molar-refractivity contribution in [2.24, 2.45) is 34.5 Å². The van der Waals surface area contributed by atoms with Crippen LogP contribution in [0.2, 0.25) is 0 Å². The molecule has 0 aromatic rings. The van der Waals surface area contributed by atoms with Crippen molar-refractivity contribution in [3.63, 3.8) is 0 Å². The minimum Gasteiger partial charge on any atom is -0.479 e. The van der Waals surface area contributed by atoms with Gasteiger partial charge in [-0.25, -0.2) is 4.79 Å². The molecule has 0 amide bonds. The second-order valence-corrected chi connectivity index (χ2v) is 12.3. The van der Waals surface area contributed by atoms with E-state index in [4.69, 9.17) is 14.2 Å². The summed E-state index contributed by atoms with van der Waals surface area (Å²) in [5.41, 5.74) is 0.0946. The van der Waals surface area contributed by atoms with Crippen molar-refractivity contribution >= 4 is 17.5 Å². The number of ketones is 2. The van der Waals surface area contributed by atoms with Crippen LogP contribution in [0.25, 0.3) is 0 Å². The van der Waals surface area contributed by atoms with E-state index in [1.54, 1.807) is 6.08 Å². The molecule has 210 valence electrons. The number of allylic oxidation sites excluding steroid dienone is 1. The van der Waals surface area contributed by atoms with E-state index < -0.39 is 60.9 Å². The number of carbonyl (C=O) groups excluding carboxylic acids is 2. The standard InChI is InChI=1S/C27H36O11/c1-26-7-6-12(29)8-11(26)2-3-13-14-4-5-15(16(30)10-28)27(14)9-17(18(13)26)36-25(27)38-24-21(33)19(31)20(32)22(37-24)23(34)35/h8,13-15,17-22,24-25,28,31-33H,2-7,9-10H2,1H3,(H,34,35)/t13?,14?,15-,17-,18?,19+,20+,21-,22+,24+,25?,26+,27?/m1/s1. The summed E-state index contributed by atoms with van der Waals surface area (Å²) in [6.45, 7) is 1.58. The third-order valence-corrected chi connectivity index (χ3v) is 10.8. The second-order valence-electron chi connectivity index (χ2n) is 12.3. The summed E-state index contributed by atoms with van der Waals surface area (Å²) >= 11 is 0. The van der Waals surface area contributed by atoms with Crippen molar-refractivity contribution in [2.75, 3.05) is 6.61 Å². The lowest BCUT2D eigenvalue weighted by Crippen LogP contribution is -2.62. The van der Waals surface area contributed by atoms with Crippen LogP contribution >= 0.6 is 0 Å². The highest BCUT2D eigenvalue weighted by atomic mass is 16.8. The number of rotatable bonds is 5. The molecule has 0 radical (unpaired) electrons. The first-order chi connectivity index (χ1) is 18.0. The van der Waals surface area contributed by atoms with Crippen LogP contribution < -0.4 is 0 Å². The van der Waals surface area contributed by atoms with Crippen molar-refractivity contribution in [2.45, 2.75) is 95.0 Å². The summed E-state index contributed by atoms with van der Waals surface area (Å²) in [5.74, 6) is -1.93. The molecule has 2 saturated heterocycles. The van der Waals surface area contributed by atoms with Crippen molar-refractivity contribution < 1.29 is 54.1 Å². The maximum absolute atomic E-state index is 13.0. The third-order valence-electron chi connectivity index (χ3n) is 10.8. The van der Waals surface area contributed by atoms with Crippen LogP contribution in [0, 0.1) is 34.5 Å². The van der Waals surface area contributed by atoms with E-state index in [-0.39, 0.29) is 40.8 Å². The number of carbonyl (C=O) groups is 3. The minimum absolute atomic E-state index is 0.0132. The van der Waals surface area contributed by atoms with Gasteiger partial charge in [0.05, 0.1) is 6.10 Å². The van der Waals surface area contributed by atoms with E-state index in [1.165, 1.54) is 0 Å². The van der Waals surface area contributed by atoms with Crippen molar-refractivity contribution in [3.05, 3.63) is 11.6 Å². The number of aliphatic carboxylic acids is 1. The van der Waals surface area contributed by atoms with Crippen LogP contribution in [0.5, 0.6) is 0 Å². The Morgan fingerprint density at radius 3 is 2.55 bits per heavy atom. The van der Waals surface area contributed by atoms with Crippen LogP contribution in [-0.4, -0.2) is 92.8 Å². The van der Waals surface area contributed by atoms with Crippen LogP contribution in [0.3, 0.4) is 0 Å². The summed E-state index contributed by atoms with van der Waals surface area (Å²) in [6, 6.07) is 0. The van der Waals surface area contributed by atoms with Gasteiger partial charge >= 0.3 is 5.97 Å². The quantitative estimate of drug-likeness (QED) is 0.317. The normalized spacial score (nSPS) is 51.6. The maximum Gasteiger partial charge on any atom is 0.335 e. The van der Waals surface area contributed by atoms with Gasteiger partial charge in [0.1, 0.15) is 24.9 Å². The number of carboxylic acid groups (broad SMARTS) is 1. The molecule has 1 spiro atoms. The van der Waals surface area contributed by atoms with Crippen molar-refractivity contribution in [1.29, 1.82) is 0 Å². The number of aliphatic hydroxyl groups excluding tert-OH is 4. The lowest BCUT2D eigenvalue weighted by Gasteiger charge is -2.57. The average molecular weight is 537 g/mol. The van der Waals surface area contributed by atoms with Gasteiger partial charge in [0.2, 0.25) is 0 Å². The summed E-state index contributed by atoms with van der Waals surface area (Å²) < 4.78 is 18.2. The van der Waals surface area contributed by atoms with Crippen molar-refractivity contribution in [1.82, 2.24) is 0 Å². The molecule has 6 rings (SSSR count). The van der Waals surface area contributed by atoms with Gasteiger partial charge in [-0.2, -0.15) is 0 Å². The molecule has 2 aliphatic heterocycles. The van der Waals surface area contributed by atoms with Crippen LogP contribution in [0.15, 0.2) is 11.6 Å². The van der Waals surface area contributed by atoms with Crippen LogP contribution in [-0.2, 0) is 28.6 Å². The molecule has 13 atom stereocenters. The zero-order chi connectivity index (χ0) is 27.1. The molecule has 6 aliphatic rings. The zero-order valence-electron chi connectivity index (χ0n) is 21.3. The summed E-state index contributed by atoms with van der Waals surface area (Å²) in [6.07, 6.45) is -3.83. The highest BCUT2D eigenvalue weighted by Gasteiger charge is 2.72. The van der Waals surface area contributed by atoms with E-state index in [0.29, 0.717) is 19.3 Å². The molecule has 11 nitrogen and oxygen atoms in total. The molecule has 2 bridgehead atoms. The number of aliphatic hydroxyl groups is 4. The molecule has 3 saturated carbocycles. The third kappa shape index (κ3) is 3.56. The van der Waals surface area contributed by atoms with Gasteiger partial charge in [0, 0.05) is 17.8 Å². The predicted octanol–water partition coefficient (Wildman–Crippen LogP) is -0.0804. The largest absolute Gasteiger partial charge is 0.479 e. The number of fused-ring (bicyclic) bond motifs is 6. The molecule has 0 aromatic carbocycles. The Labute approximate surface area is 219 Å². The average Bonchev–Trinajstić information content (AvgIpc) is 3.42. The Morgan fingerprint density at radius 2 is 1.84 bits per heavy atom. The number of hydrogen-bond acceptors (Lipinski definition) is 10. The van der Waals surface area contributed by atoms with E-state index in [1.807, 2.05) is 0 Å². The summed E-state index contributed by atoms with van der Waals surface area (Å²) in [7, 11) is 0. The Morgan fingerprint density at radius 1 is 1.08 bits per heavy atom. The lowest BCUT2D eigenvalue weighted by atomic mass is 9.46. The van der Waals surface area contributed by atoms with Crippen LogP contribution in [0.4, 0.5) is 0 Å². The molecule has 2 heterocycles. The molecular weight excluding hydrogens is 500 g/mol. The number of ether oxygens (including phenoxy) is 3. The molecular formula is C27H36O11. The first kappa shape index (κ1) is 26.5. The Balaban J connectivity index is 1.37. The Kier molecular flexibility index (Phi) is 6.38. The summed E-state index contributed by atoms with van der Waals surface area (Å²) in [4.78, 5) is 36.9. The maximum atomic E-state index is 13.0. The molecule has 0 aromatic heterocycles. The molecule has 5 N–H and O–H groups in total. The van der Waals surface area contributed by atoms with Crippen molar-refractivity contribution in [3.8, 4) is 0 Å². The fourth-order valence-electron chi connectivity index (χ4n) is 9.22. The highest BCUT2D eigenvalue weighted by Crippen LogP contribution is 2.71. The molecule has 5 unspecified atom stereocenters. The van der Waals surface area contributed by atoms with Gasteiger partial charge in [0.15, 0.2) is 30.3 Å². The van der Waals surface area contributed by atoms with Gasteiger partial charge in [-0.05, 0) is 67.8 Å². The smallest absolute Gasteiger partial charge is 0.335 e. The molecule has 5 fully saturated rings. The van der Waals surface area contributed by atoms with E-state index >= 15 is 0 Å². The number of carboxylic acids is 1. The number of Topliss-reactive ketones (excluding diaryl/α,β-unsaturated/α-hetero) is 1. The zero-order valence-corrected chi connectivity index (χ0v) is 21.3. The van der Waals surface area contributed by atoms with Gasteiger partial charge < -0.3 is 39.7 Å². The minimum atomic E-state index is -1.85. The first-order valence-electron chi connectivity index (χ1n) is 13.6. The predicted molar refractivity (Wildman–Crippen MR) is 126 cm³/mol. The van der Waals surface area contributed by atoms with Crippen LogP contribution in [0.1, 0.15) is 51.9 Å². The fourth-order valence-corrected chi connectivity index (χ4v) is 9.22. The molecule has 38 heavy (non-hydrogen) atoms. The second kappa shape index (κ2) is 9.15. The summed E-state index contributed by atoms with van der Waals surface area (Å²) in [5, 5.41) is 50.3. The first-order valence-corrected chi connectivity index (χ1v) is 13.6. The SMILES string of the molecule is C[C@]12CCC(=O)C=C1CCC1C3CC[C@H](C(=O)CO)C34C[C@@H](OC4O[C@@H]3O[C@H](C(=O)O)[C@@H](O)[C@H](O)[C@H]3O)C12. The van der Waals surface area contributed by atoms with Gasteiger partial charge in [0.25, 0.3) is 0 Å². The van der Waals surface area contributed by atoms with Gasteiger partial charge in [-0.1, -0.05) is 12.5 Å². The lowest BCUT2D eigenvalue weighted by molar-refractivity contribution is -0.341. The van der Waals surface area contributed by atoms with E-state index in [2.05, 4.69) is 6.92 Å².